The van der Waals surface area contributed by atoms with E-state index in [1.165, 1.54) is 11.9 Å². The van der Waals surface area contributed by atoms with Crippen molar-refractivity contribution in [1.29, 1.82) is 0 Å². The highest BCUT2D eigenvalue weighted by Gasteiger charge is 2.23. The van der Waals surface area contributed by atoms with E-state index in [2.05, 4.69) is 10.6 Å². The van der Waals surface area contributed by atoms with E-state index in [4.69, 9.17) is 9.47 Å². The van der Waals surface area contributed by atoms with Crippen LogP contribution in [0.25, 0.3) is 0 Å². The molecule has 8 nitrogen and oxygen atoms in total. The van der Waals surface area contributed by atoms with Crippen LogP contribution in [0.3, 0.4) is 0 Å². The van der Waals surface area contributed by atoms with E-state index in [1.807, 2.05) is 12.1 Å². The average molecular weight is 405 g/mol. The lowest BCUT2D eigenvalue weighted by atomic mass is 10.1. The van der Waals surface area contributed by atoms with Crippen molar-refractivity contribution in [2.75, 3.05) is 26.7 Å². The Bertz CT molecular complexity index is 708. The van der Waals surface area contributed by atoms with Gasteiger partial charge in [0.15, 0.2) is 6.61 Å². The lowest BCUT2D eigenvalue weighted by molar-refractivity contribution is -0.123. The Morgan fingerprint density at radius 3 is 2.34 bits per heavy atom. The van der Waals surface area contributed by atoms with Crippen molar-refractivity contribution < 1.29 is 23.9 Å². The molecule has 0 heterocycles. The van der Waals surface area contributed by atoms with Gasteiger partial charge in [-0.3, -0.25) is 9.59 Å². The van der Waals surface area contributed by atoms with E-state index in [0.29, 0.717) is 24.8 Å². The monoisotopic (exact) mass is 405 g/mol. The highest BCUT2D eigenvalue weighted by atomic mass is 16.6. The Kier molecular flexibility index (Phi) is 7.87. The molecule has 1 aromatic rings. The minimum Gasteiger partial charge on any atom is -0.484 e. The summed E-state index contributed by atoms with van der Waals surface area (Å²) < 4.78 is 10.7. The second-order valence-corrected chi connectivity index (χ2v) is 8.21. The van der Waals surface area contributed by atoms with Crippen molar-refractivity contribution in [2.24, 2.45) is 0 Å². The fourth-order valence-electron chi connectivity index (χ4n) is 2.42. The van der Waals surface area contributed by atoms with E-state index in [-0.39, 0.29) is 25.0 Å². The van der Waals surface area contributed by atoms with Crippen molar-refractivity contribution in [3.05, 3.63) is 29.8 Å². The molecule has 1 aliphatic rings. The third-order valence-electron chi connectivity index (χ3n) is 4.06. The first-order valence-corrected chi connectivity index (χ1v) is 9.84. The Labute approximate surface area is 171 Å². The zero-order valence-electron chi connectivity index (χ0n) is 17.6. The van der Waals surface area contributed by atoms with Gasteiger partial charge in [-0.05, 0) is 57.7 Å². The van der Waals surface area contributed by atoms with Gasteiger partial charge in [0.2, 0.25) is 5.91 Å². The molecule has 3 amide bonds. The van der Waals surface area contributed by atoms with Crippen molar-refractivity contribution in [2.45, 2.75) is 51.7 Å². The van der Waals surface area contributed by atoms with E-state index in [9.17, 15) is 14.4 Å². The number of amides is 3. The van der Waals surface area contributed by atoms with Gasteiger partial charge >= 0.3 is 6.09 Å². The zero-order chi connectivity index (χ0) is 21.4. The van der Waals surface area contributed by atoms with Crippen LogP contribution in [0.4, 0.5) is 4.79 Å². The number of benzene rings is 1. The fraction of sp³-hybridized carbons (Fsp3) is 0.571. The first kappa shape index (κ1) is 22.5. The lowest BCUT2D eigenvalue weighted by Crippen LogP contribution is -2.41. The van der Waals surface area contributed by atoms with E-state index in [1.54, 1.807) is 32.9 Å². The standard InChI is InChI=1S/C21H31N3O5/c1-21(2,3)29-20(27)24(4)13-18(25)22-12-11-15-5-9-17(10-6-15)28-14-19(26)23-16-7-8-16/h5-6,9-10,16H,7-8,11-14H2,1-4H3,(H,22,25)(H,23,26). The third-order valence-corrected chi connectivity index (χ3v) is 4.06. The molecule has 0 atom stereocenters. The molecule has 0 unspecified atom stereocenters. The molecule has 0 aromatic heterocycles. The Morgan fingerprint density at radius 1 is 1.10 bits per heavy atom. The van der Waals surface area contributed by atoms with Crippen LogP contribution in [-0.2, 0) is 20.7 Å². The number of hydrogen-bond acceptors (Lipinski definition) is 5. The Hall–Kier alpha value is -2.77. The van der Waals surface area contributed by atoms with Gasteiger partial charge in [-0.2, -0.15) is 0 Å². The van der Waals surface area contributed by atoms with Gasteiger partial charge in [0, 0.05) is 19.6 Å². The molecule has 0 bridgehead atoms. The van der Waals surface area contributed by atoms with Gasteiger partial charge in [0.1, 0.15) is 17.9 Å². The summed E-state index contributed by atoms with van der Waals surface area (Å²) in [5.74, 6) is 0.276. The molecule has 29 heavy (non-hydrogen) atoms. The summed E-state index contributed by atoms with van der Waals surface area (Å²) in [7, 11) is 1.53. The second kappa shape index (κ2) is 10.1. The summed E-state index contributed by atoms with van der Waals surface area (Å²) in [5, 5.41) is 5.65. The van der Waals surface area contributed by atoms with Gasteiger partial charge in [-0.1, -0.05) is 12.1 Å². The number of nitrogens with one attached hydrogen (secondary N) is 2. The largest absolute Gasteiger partial charge is 0.484 e. The third kappa shape index (κ3) is 9.32. The molecule has 1 aromatic carbocycles. The van der Waals surface area contributed by atoms with Crippen LogP contribution < -0.4 is 15.4 Å². The Morgan fingerprint density at radius 2 is 1.76 bits per heavy atom. The van der Waals surface area contributed by atoms with Gasteiger partial charge in [-0.15, -0.1) is 0 Å². The summed E-state index contributed by atoms with van der Waals surface area (Å²) in [6.45, 7) is 5.72. The minimum atomic E-state index is -0.598. The molecule has 0 spiro atoms. The molecule has 2 N–H and O–H groups in total. The summed E-state index contributed by atoms with van der Waals surface area (Å²) in [5.41, 5.74) is 0.430. The molecule has 0 radical (unpaired) electrons. The first-order chi connectivity index (χ1) is 13.6. The SMILES string of the molecule is CN(CC(=O)NCCc1ccc(OCC(=O)NC2CC2)cc1)C(=O)OC(C)(C)C. The first-order valence-electron chi connectivity index (χ1n) is 9.84. The summed E-state index contributed by atoms with van der Waals surface area (Å²) in [6, 6.07) is 7.73. The topological polar surface area (TPSA) is 97.0 Å². The number of carbonyl (C=O) groups is 3. The molecular formula is C21H31N3O5. The molecule has 1 fully saturated rings. The maximum Gasteiger partial charge on any atom is 0.410 e. The van der Waals surface area contributed by atoms with Crippen LogP contribution in [-0.4, -0.2) is 61.2 Å². The van der Waals surface area contributed by atoms with E-state index < -0.39 is 11.7 Å². The molecule has 2 rings (SSSR count). The van der Waals surface area contributed by atoms with Crippen molar-refractivity contribution in [3.63, 3.8) is 0 Å². The average Bonchev–Trinajstić information content (AvgIpc) is 3.43. The highest BCUT2D eigenvalue weighted by molar-refractivity contribution is 5.82. The molecule has 1 aliphatic carbocycles. The van der Waals surface area contributed by atoms with Crippen LogP contribution in [0.1, 0.15) is 39.2 Å². The predicted octanol–water partition coefficient (Wildman–Crippen LogP) is 1.87. The molecule has 8 heteroatoms. The summed E-state index contributed by atoms with van der Waals surface area (Å²) in [4.78, 5) is 36.7. The number of ether oxygens (including phenoxy) is 2. The smallest absolute Gasteiger partial charge is 0.410 e. The number of rotatable bonds is 9. The van der Waals surface area contributed by atoms with Gasteiger partial charge in [0.05, 0.1) is 0 Å². The van der Waals surface area contributed by atoms with Gasteiger partial charge in [0.25, 0.3) is 5.91 Å². The van der Waals surface area contributed by atoms with Crippen LogP contribution in [0.2, 0.25) is 0 Å². The molecule has 160 valence electrons. The number of likely N-dealkylation sites (N-methyl/N-ethyl adjacent to an activating group) is 1. The fourth-order valence-corrected chi connectivity index (χ4v) is 2.42. The molecule has 0 saturated heterocycles. The highest BCUT2D eigenvalue weighted by Crippen LogP contribution is 2.18. The quantitative estimate of drug-likeness (QED) is 0.654. The van der Waals surface area contributed by atoms with E-state index >= 15 is 0 Å². The van der Waals surface area contributed by atoms with Crippen molar-refractivity contribution >= 4 is 17.9 Å². The van der Waals surface area contributed by atoms with Crippen LogP contribution in [0.15, 0.2) is 24.3 Å². The number of nitrogens with zero attached hydrogens (tertiary/aromatic N) is 1. The maximum atomic E-state index is 12.0. The van der Waals surface area contributed by atoms with Gasteiger partial charge in [-0.25, -0.2) is 4.79 Å². The molecule has 0 aliphatic heterocycles. The van der Waals surface area contributed by atoms with Crippen LogP contribution >= 0.6 is 0 Å². The lowest BCUT2D eigenvalue weighted by Gasteiger charge is -2.24. The van der Waals surface area contributed by atoms with Crippen LogP contribution in [0, 0.1) is 0 Å². The molecule has 1 saturated carbocycles. The predicted molar refractivity (Wildman–Crippen MR) is 109 cm³/mol. The normalized spacial score (nSPS) is 13.4. The Balaban J connectivity index is 1.64. The molecular weight excluding hydrogens is 374 g/mol. The van der Waals surface area contributed by atoms with Crippen molar-refractivity contribution in [1.82, 2.24) is 15.5 Å². The maximum absolute atomic E-state index is 12.0. The number of hydrogen-bond donors (Lipinski definition) is 2. The van der Waals surface area contributed by atoms with Gasteiger partial charge < -0.3 is 25.0 Å². The van der Waals surface area contributed by atoms with Crippen LogP contribution in [0.5, 0.6) is 5.75 Å². The summed E-state index contributed by atoms with van der Waals surface area (Å²) in [6.07, 6.45) is 2.21. The second-order valence-electron chi connectivity index (χ2n) is 8.21. The minimum absolute atomic E-state index is 0.0110. The van der Waals surface area contributed by atoms with E-state index in [0.717, 1.165) is 18.4 Å². The van der Waals surface area contributed by atoms with Crippen molar-refractivity contribution in [3.8, 4) is 5.75 Å². The number of carbonyl (C=O) groups excluding carboxylic acids is 3. The summed E-state index contributed by atoms with van der Waals surface area (Å²) >= 11 is 0. The zero-order valence-corrected chi connectivity index (χ0v) is 17.6.